The number of carbonyl (C=O) groups excluding carboxylic acids is 1. The fourth-order valence-corrected chi connectivity index (χ4v) is 1.63. The number of aromatic nitrogens is 3. The molecular formula is C12H12F2N4O2. The average Bonchev–Trinajstić information content (AvgIpc) is 2.90. The molecule has 0 aliphatic heterocycles. The standard InChI is InChI=1S/C12H12F2N4O2/c1-18(6-10-15-7-16-17-10)11(19)8-3-2-4-9(5-8)20-12(13)14/h2-5,7,12H,6H2,1H3,(H,15,16,17). The molecule has 1 amide bonds. The smallest absolute Gasteiger partial charge is 0.387 e. The minimum atomic E-state index is -2.92. The van der Waals surface area contributed by atoms with E-state index in [9.17, 15) is 13.6 Å². The molecule has 1 N–H and O–H groups in total. The third kappa shape index (κ3) is 3.50. The van der Waals surface area contributed by atoms with Gasteiger partial charge in [-0.05, 0) is 18.2 Å². The van der Waals surface area contributed by atoms with Crippen LogP contribution in [0.3, 0.4) is 0 Å². The Kier molecular flexibility index (Phi) is 4.24. The molecule has 6 nitrogen and oxygen atoms in total. The second kappa shape index (κ2) is 6.09. The van der Waals surface area contributed by atoms with E-state index in [0.29, 0.717) is 5.82 Å². The summed E-state index contributed by atoms with van der Waals surface area (Å²) in [6, 6.07) is 5.63. The van der Waals surface area contributed by atoms with Gasteiger partial charge in [-0.3, -0.25) is 9.89 Å². The van der Waals surface area contributed by atoms with Gasteiger partial charge in [-0.1, -0.05) is 6.07 Å². The largest absolute Gasteiger partial charge is 0.435 e. The van der Waals surface area contributed by atoms with E-state index in [4.69, 9.17) is 0 Å². The molecule has 0 spiro atoms. The Balaban J connectivity index is 2.08. The lowest BCUT2D eigenvalue weighted by molar-refractivity contribution is -0.0499. The fraction of sp³-hybridized carbons (Fsp3) is 0.250. The monoisotopic (exact) mass is 282 g/mol. The van der Waals surface area contributed by atoms with Gasteiger partial charge in [0.05, 0.1) is 6.54 Å². The third-order valence-corrected chi connectivity index (χ3v) is 2.50. The molecule has 2 rings (SSSR count). The Morgan fingerprint density at radius 3 is 2.95 bits per heavy atom. The minimum Gasteiger partial charge on any atom is -0.435 e. The highest BCUT2D eigenvalue weighted by Gasteiger charge is 2.14. The molecule has 20 heavy (non-hydrogen) atoms. The van der Waals surface area contributed by atoms with Crippen molar-refractivity contribution in [3.8, 4) is 5.75 Å². The van der Waals surface area contributed by atoms with Crippen LogP contribution in [0.25, 0.3) is 0 Å². The van der Waals surface area contributed by atoms with Crippen molar-refractivity contribution >= 4 is 5.91 Å². The first-order valence-electron chi connectivity index (χ1n) is 5.71. The summed E-state index contributed by atoms with van der Waals surface area (Å²) in [4.78, 5) is 17.4. The molecule has 0 atom stereocenters. The summed E-state index contributed by atoms with van der Waals surface area (Å²) in [5.74, 6) is 0.140. The van der Waals surface area contributed by atoms with Crippen LogP contribution in [0.5, 0.6) is 5.75 Å². The third-order valence-electron chi connectivity index (χ3n) is 2.50. The Labute approximate surface area is 113 Å². The lowest BCUT2D eigenvalue weighted by Gasteiger charge is -2.16. The Morgan fingerprint density at radius 1 is 1.50 bits per heavy atom. The molecule has 0 aliphatic carbocycles. The normalized spacial score (nSPS) is 10.6. The quantitative estimate of drug-likeness (QED) is 0.905. The first-order chi connectivity index (χ1) is 9.56. The van der Waals surface area contributed by atoms with Gasteiger partial charge < -0.3 is 9.64 Å². The van der Waals surface area contributed by atoms with Crippen molar-refractivity contribution < 1.29 is 18.3 Å². The van der Waals surface area contributed by atoms with Crippen LogP contribution in [-0.2, 0) is 6.54 Å². The van der Waals surface area contributed by atoms with Crippen molar-refractivity contribution in [3.05, 3.63) is 42.0 Å². The highest BCUT2D eigenvalue weighted by molar-refractivity contribution is 5.94. The maximum Gasteiger partial charge on any atom is 0.387 e. The van der Waals surface area contributed by atoms with E-state index in [0.717, 1.165) is 0 Å². The molecule has 0 saturated heterocycles. The number of carbonyl (C=O) groups is 1. The number of halogens is 2. The van der Waals surface area contributed by atoms with Crippen LogP contribution in [0.4, 0.5) is 8.78 Å². The van der Waals surface area contributed by atoms with Crippen molar-refractivity contribution in [2.75, 3.05) is 7.05 Å². The maximum atomic E-state index is 12.1. The molecule has 1 aromatic heterocycles. The summed E-state index contributed by atoms with van der Waals surface area (Å²) >= 11 is 0. The molecule has 0 unspecified atom stereocenters. The van der Waals surface area contributed by atoms with Crippen LogP contribution in [0, 0.1) is 0 Å². The summed E-state index contributed by atoms with van der Waals surface area (Å²) < 4.78 is 28.5. The predicted molar refractivity (Wildman–Crippen MR) is 65.3 cm³/mol. The van der Waals surface area contributed by atoms with E-state index < -0.39 is 6.61 Å². The molecule has 0 saturated carbocycles. The number of aromatic amines is 1. The molecule has 1 aromatic carbocycles. The van der Waals surface area contributed by atoms with E-state index in [1.807, 2.05) is 0 Å². The van der Waals surface area contributed by atoms with Crippen LogP contribution < -0.4 is 4.74 Å². The van der Waals surface area contributed by atoms with Gasteiger partial charge in [-0.2, -0.15) is 13.9 Å². The number of hydrogen-bond acceptors (Lipinski definition) is 4. The summed E-state index contributed by atoms with van der Waals surface area (Å²) in [6.45, 7) is -2.69. The predicted octanol–water partition coefficient (Wildman–Crippen LogP) is 1.68. The molecule has 0 bridgehead atoms. The zero-order valence-electron chi connectivity index (χ0n) is 10.6. The number of ether oxygens (including phenoxy) is 1. The van der Waals surface area contributed by atoms with Gasteiger partial charge in [0.1, 0.15) is 17.9 Å². The molecule has 0 aliphatic rings. The summed E-state index contributed by atoms with van der Waals surface area (Å²) in [6.07, 6.45) is 1.34. The van der Waals surface area contributed by atoms with E-state index in [2.05, 4.69) is 19.9 Å². The molecule has 0 radical (unpaired) electrons. The zero-order valence-corrected chi connectivity index (χ0v) is 10.6. The number of hydrogen-bond donors (Lipinski definition) is 1. The van der Waals surface area contributed by atoms with Crippen molar-refractivity contribution in [3.63, 3.8) is 0 Å². The minimum absolute atomic E-state index is 0.0566. The number of alkyl halides is 2. The first kappa shape index (κ1) is 13.9. The van der Waals surface area contributed by atoms with Crippen molar-refractivity contribution in [2.24, 2.45) is 0 Å². The number of amides is 1. The topological polar surface area (TPSA) is 71.1 Å². The fourth-order valence-electron chi connectivity index (χ4n) is 1.63. The lowest BCUT2D eigenvalue weighted by Crippen LogP contribution is -2.26. The highest BCUT2D eigenvalue weighted by Crippen LogP contribution is 2.17. The van der Waals surface area contributed by atoms with Gasteiger partial charge >= 0.3 is 6.61 Å². The number of nitrogens with one attached hydrogen (secondary N) is 1. The second-order valence-corrected chi connectivity index (χ2v) is 4.00. The summed E-state index contributed by atoms with van der Waals surface area (Å²) in [5, 5.41) is 6.31. The Morgan fingerprint density at radius 2 is 2.30 bits per heavy atom. The van der Waals surface area contributed by atoms with Gasteiger partial charge in [0.15, 0.2) is 0 Å². The van der Waals surface area contributed by atoms with Gasteiger partial charge in [0.2, 0.25) is 0 Å². The summed E-state index contributed by atoms with van der Waals surface area (Å²) in [7, 11) is 1.57. The molecule has 106 valence electrons. The van der Waals surface area contributed by atoms with E-state index in [-0.39, 0.29) is 23.8 Å². The van der Waals surface area contributed by atoms with Gasteiger partial charge in [-0.25, -0.2) is 4.98 Å². The van der Waals surface area contributed by atoms with Crippen LogP contribution in [0.15, 0.2) is 30.6 Å². The molecule has 1 heterocycles. The molecule has 0 fully saturated rings. The van der Waals surface area contributed by atoms with Crippen molar-refractivity contribution in [1.82, 2.24) is 20.1 Å². The second-order valence-electron chi connectivity index (χ2n) is 4.00. The number of nitrogens with zero attached hydrogens (tertiary/aromatic N) is 3. The highest BCUT2D eigenvalue weighted by atomic mass is 19.3. The number of rotatable bonds is 5. The van der Waals surface area contributed by atoms with Crippen LogP contribution in [0.1, 0.15) is 16.2 Å². The van der Waals surface area contributed by atoms with E-state index in [1.54, 1.807) is 7.05 Å². The van der Waals surface area contributed by atoms with Crippen LogP contribution >= 0.6 is 0 Å². The number of H-pyrrole nitrogens is 1. The van der Waals surface area contributed by atoms with E-state index >= 15 is 0 Å². The summed E-state index contributed by atoms with van der Waals surface area (Å²) in [5.41, 5.74) is 0.255. The first-order valence-corrected chi connectivity index (χ1v) is 5.71. The number of benzene rings is 1. The van der Waals surface area contributed by atoms with Crippen LogP contribution in [0.2, 0.25) is 0 Å². The van der Waals surface area contributed by atoms with Crippen LogP contribution in [-0.4, -0.2) is 39.6 Å². The van der Waals surface area contributed by atoms with Crippen molar-refractivity contribution in [2.45, 2.75) is 13.2 Å². The average molecular weight is 282 g/mol. The van der Waals surface area contributed by atoms with Crippen molar-refractivity contribution in [1.29, 1.82) is 0 Å². The van der Waals surface area contributed by atoms with E-state index in [1.165, 1.54) is 35.5 Å². The lowest BCUT2D eigenvalue weighted by atomic mass is 10.2. The Bertz CT molecular complexity index is 575. The zero-order chi connectivity index (χ0) is 14.5. The Hall–Kier alpha value is -2.51. The van der Waals surface area contributed by atoms with Gasteiger partial charge in [0.25, 0.3) is 5.91 Å². The van der Waals surface area contributed by atoms with Gasteiger partial charge in [0, 0.05) is 12.6 Å². The molecule has 2 aromatic rings. The van der Waals surface area contributed by atoms with Gasteiger partial charge in [-0.15, -0.1) is 0 Å². The SMILES string of the molecule is CN(Cc1ncn[nH]1)C(=O)c1cccc(OC(F)F)c1. The molecular weight excluding hydrogens is 270 g/mol. The molecule has 8 heteroatoms. The maximum absolute atomic E-state index is 12.1.